The van der Waals surface area contributed by atoms with Crippen molar-refractivity contribution in [2.24, 2.45) is 0 Å². The van der Waals surface area contributed by atoms with Gasteiger partial charge in [0.1, 0.15) is 0 Å². The molecule has 1 aliphatic rings. The Morgan fingerprint density at radius 3 is 2.29 bits per heavy atom. The standard InChI is InChI=1S/C11H23NOS/c1-9(12-3)10(2)14(13)11-7-5-4-6-8-11/h9-12H,4-8H2,1-3H3. The van der Waals surface area contributed by atoms with Gasteiger partial charge in [-0.2, -0.15) is 0 Å². The van der Waals surface area contributed by atoms with Crippen molar-refractivity contribution in [2.75, 3.05) is 7.05 Å². The number of hydrogen-bond donors (Lipinski definition) is 1. The first-order valence-electron chi connectivity index (χ1n) is 5.73. The molecule has 0 aliphatic heterocycles. The van der Waals surface area contributed by atoms with E-state index in [1.54, 1.807) is 0 Å². The lowest BCUT2D eigenvalue weighted by Crippen LogP contribution is -2.39. The zero-order valence-corrected chi connectivity index (χ0v) is 10.4. The maximum atomic E-state index is 12.2. The third-order valence-electron chi connectivity index (χ3n) is 3.41. The lowest BCUT2D eigenvalue weighted by Gasteiger charge is -2.27. The molecule has 0 radical (unpaired) electrons. The van der Waals surface area contributed by atoms with Gasteiger partial charge >= 0.3 is 0 Å². The molecule has 3 unspecified atom stereocenters. The van der Waals surface area contributed by atoms with E-state index in [0.717, 1.165) is 0 Å². The van der Waals surface area contributed by atoms with Gasteiger partial charge in [0.05, 0.1) is 0 Å². The minimum atomic E-state index is -0.644. The van der Waals surface area contributed by atoms with Gasteiger partial charge < -0.3 is 5.32 Å². The molecule has 0 aromatic rings. The summed E-state index contributed by atoms with van der Waals surface area (Å²) in [4.78, 5) is 0. The molecule has 1 fully saturated rings. The smallest absolute Gasteiger partial charge is 0.0473 e. The van der Waals surface area contributed by atoms with Crippen molar-refractivity contribution >= 4 is 10.8 Å². The molecule has 1 aliphatic carbocycles. The summed E-state index contributed by atoms with van der Waals surface area (Å²) in [6, 6.07) is 0.359. The molecule has 1 saturated carbocycles. The van der Waals surface area contributed by atoms with Gasteiger partial charge in [0.25, 0.3) is 0 Å². The van der Waals surface area contributed by atoms with Crippen LogP contribution in [0.1, 0.15) is 46.0 Å². The van der Waals surface area contributed by atoms with Crippen molar-refractivity contribution in [3.05, 3.63) is 0 Å². The van der Waals surface area contributed by atoms with Crippen LogP contribution in [0, 0.1) is 0 Å². The quantitative estimate of drug-likeness (QED) is 0.781. The summed E-state index contributed by atoms with van der Waals surface area (Å²) >= 11 is 0. The van der Waals surface area contributed by atoms with Crippen LogP contribution >= 0.6 is 0 Å². The third kappa shape index (κ3) is 3.06. The fraction of sp³-hybridized carbons (Fsp3) is 1.00. The Labute approximate surface area is 90.3 Å². The second kappa shape index (κ2) is 5.86. The fourth-order valence-corrected chi connectivity index (χ4v) is 3.98. The van der Waals surface area contributed by atoms with E-state index in [2.05, 4.69) is 19.2 Å². The predicted molar refractivity (Wildman–Crippen MR) is 63.0 cm³/mol. The van der Waals surface area contributed by atoms with Gasteiger partial charge in [0.2, 0.25) is 0 Å². The maximum Gasteiger partial charge on any atom is 0.0473 e. The van der Waals surface area contributed by atoms with E-state index in [1.165, 1.54) is 32.1 Å². The highest BCUT2D eigenvalue weighted by Gasteiger charge is 2.26. The van der Waals surface area contributed by atoms with Gasteiger partial charge in [0.15, 0.2) is 0 Å². The number of hydrogen-bond acceptors (Lipinski definition) is 2. The Morgan fingerprint density at radius 2 is 1.79 bits per heavy atom. The maximum absolute atomic E-state index is 12.2. The van der Waals surface area contributed by atoms with Crippen molar-refractivity contribution in [1.82, 2.24) is 5.32 Å². The molecular weight excluding hydrogens is 194 g/mol. The van der Waals surface area contributed by atoms with E-state index in [0.29, 0.717) is 11.3 Å². The van der Waals surface area contributed by atoms with E-state index >= 15 is 0 Å². The van der Waals surface area contributed by atoms with E-state index in [4.69, 9.17) is 0 Å². The molecule has 1 rings (SSSR count). The van der Waals surface area contributed by atoms with Crippen LogP contribution in [0.3, 0.4) is 0 Å². The van der Waals surface area contributed by atoms with Crippen LogP contribution in [-0.2, 0) is 10.8 Å². The van der Waals surface area contributed by atoms with Crippen molar-refractivity contribution in [1.29, 1.82) is 0 Å². The van der Waals surface area contributed by atoms with E-state index in [9.17, 15) is 4.21 Å². The van der Waals surface area contributed by atoms with Crippen LogP contribution in [0.25, 0.3) is 0 Å². The van der Waals surface area contributed by atoms with Crippen LogP contribution in [0.5, 0.6) is 0 Å². The monoisotopic (exact) mass is 217 g/mol. The van der Waals surface area contributed by atoms with Crippen LogP contribution < -0.4 is 5.32 Å². The second-order valence-electron chi connectivity index (χ2n) is 4.37. The minimum absolute atomic E-state index is 0.281. The van der Waals surface area contributed by atoms with E-state index < -0.39 is 10.8 Å². The normalized spacial score (nSPS) is 25.6. The number of nitrogens with one attached hydrogen (secondary N) is 1. The van der Waals surface area contributed by atoms with Crippen molar-refractivity contribution < 1.29 is 4.21 Å². The Balaban J connectivity index is 2.46. The highest BCUT2D eigenvalue weighted by molar-refractivity contribution is 7.86. The second-order valence-corrected chi connectivity index (χ2v) is 6.44. The number of rotatable bonds is 4. The molecule has 0 heterocycles. The van der Waals surface area contributed by atoms with Gasteiger partial charge in [0, 0.05) is 27.3 Å². The van der Waals surface area contributed by atoms with Crippen LogP contribution in [0.15, 0.2) is 0 Å². The first kappa shape index (κ1) is 12.2. The van der Waals surface area contributed by atoms with Crippen LogP contribution in [0.4, 0.5) is 0 Å². The van der Waals surface area contributed by atoms with Crippen molar-refractivity contribution in [2.45, 2.75) is 62.5 Å². The molecule has 1 N–H and O–H groups in total. The largest absolute Gasteiger partial charge is 0.316 e. The zero-order valence-electron chi connectivity index (χ0n) is 9.58. The SMILES string of the molecule is CNC(C)C(C)S(=O)C1CCCCC1. The highest BCUT2D eigenvalue weighted by atomic mass is 32.2. The highest BCUT2D eigenvalue weighted by Crippen LogP contribution is 2.24. The summed E-state index contributed by atoms with van der Waals surface area (Å²) in [5, 5.41) is 3.94. The Morgan fingerprint density at radius 1 is 1.21 bits per heavy atom. The van der Waals surface area contributed by atoms with Crippen LogP contribution in [-0.4, -0.2) is 27.8 Å². The lowest BCUT2D eigenvalue weighted by atomic mass is 10.0. The third-order valence-corrected chi connectivity index (χ3v) is 5.68. The fourth-order valence-electron chi connectivity index (χ4n) is 2.04. The van der Waals surface area contributed by atoms with Gasteiger partial charge in [-0.15, -0.1) is 0 Å². The molecule has 84 valence electrons. The summed E-state index contributed by atoms with van der Waals surface area (Å²) in [5.74, 6) is 0. The minimum Gasteiger partial charge on any atom is -0.316 e. The summed E-state index contributed by atoms with van der Waals surface area (Å²) in [6.07, 6.45) is 6.23. The van der Waals surface area contributed by atoms with Gasteiger partial charge in [-0.05, 0) is 33.7 Å². The average molecular weight is 217 g/mol. The molecule has 3 atom stereocenters. The summed E-state index contributed by atoms with van der Waals surface area (Å²) in [5.41, 5.74) is 0. The molecule has 14 heavy (non-hydrogen) atoms. The van der Waals surface area contributed by atoms with Gasteiger partial charge in [-0.3, -0.25) is 4.21 Å². The molecule has 0 amide bonds. The Hall–Kier alpha value is 0.110. The summed E-state index contributed by atoms with van der Waals surface area (Å²) in [7, 11) is 1.30. The lowest BCUT2D eigenvalue weighted by molar-refractivity contribution is 0.495. The molecule has 3 heteroatoms. The van der Waals surface area contributed by atoms with Gasteiger partial charge in [-0.1, -0.05) is 19.3 Å². The van der Waals surface area contributed by atoms with E-state index in [-0.39, 0.29) is 5.25 Å². The van der Waals surface area contributed by atoms with Crippen LogP contribution in [0.2, 0.25) is 0 Å². The Bertz CT molecular complexity index is 186. The first-order chi connectivity index (χ1) is 6.66. The zero-order chi connectivity index (χ0) is 10.6. The molecule has 0 aromatic carbocycles. The molecular formula is C11H23NOS. The van der Waals surface area contributed by atoms with E-state index in [1.807, 2.05) is 7.05 Å². The average Bonchev–Trinajstić information content (AvgIpc) is 2.27. The molecule has 0 spiro atoms. The summed E-state index contributed by atoms with van der Waals surface area (Å²) < 4.78 is 12.2. The topological polar surface area (TPSA) is 29.1 Å². The molecule has 0 aromatic heterocycles. The molecule has 0 saturated heterocycles. The van der Waals surface area contributed by atoms with Crippen molar-refractivity contribution in [3.63, 3.8) is 0 Å². The summed E-state index contributed by atoms with van der Waals surface area (Å²) in [6.45, 7) is 4.22. The van der Waals surface area contributed by atoms with Crippen molar-refractivity contribution in [3.8, 4) is 0 Å². The first-order valence-corrected chi connectivity index (χ1v) is 7.01. The molecule has 0 bridgehead atoms. The van der Waals surface area contributed by atoms with Gasteiger partial charge in [-0.25, -0.2) is 0 Å². The Kier molecular flexibility index (Phi) is 5.10. The predicted octanol–water partition coefficient (Wildman–Crippen LogP) is 2.06. The molecule has 2 nitrogen and oxygen atoms in total.